The predicted molar refractivity (Wildman–Crippen MR) is 46.7 cm³/mol. The zero-order valence-corrected chi connectivity index (χ0v) is 7.10. The summed E-state index contributed by atoms with van der Waals surface area (Å²) >= 11 is 0. The minimum absolute atomic E-state index is 0.845. The van der Waals surface area contributed by atoms with Crippen LogP contribution in [0.2, 0.25) is 0 Å². The molecule has 0 aromatic carbocycles. The Hall–Kier alpha value is -0.0800. The van der Waals surface area contributed by atoms with E-state index in [1.807, 2.05) is 0 Å². The zero-order chi connectivity index (χ0) is 7.52. The van der Waals surface area contributed by atoms with Crippen molar-refractivity contribution >= 4 is 0 Å². The van der Waals surface area contributed by atoms with Crippen molar-refractivity contribution in [3.05, 3.63) is 0 Å². The molecule has 0 aliphatic carbocycles. The average Bonchev–Trinajstić information content (AvgIpc) is 2.36. The van der Waals surface area contributed by atoms with Crippen molar-refractivity contribution in [2.75, 3.05) is 13.1 Å². The smallest absolute Gasteiger partial charge is 0.00797 e. The van der Waals surface area contributed by atoms with Gasteiger partial charge in [-0.25, -0.2) is 0 Å². The van der Waals surface area contributed by atoms with Crippen molar-refractivity contribution in [2.45, 2.75) is 44.2 Å². The molecule has 2 unspecified atom stereocenters. The van der Waals surface area contributed by atoms with Crippen molar-refractivity contribution in [1.82, 2.24) is 10.6 Å². The third-order valence-electron chi connectivity index (χ3n) is 2.95. The SMILES string of the molecule is C1CNC(CCC2CCN2)C1. The van der Waals surface area contributed by atoms with Gasteiger partial charge in [-0.1, -0.05) is 0 Å². The normalized spacial score (nSPS) is 37.1. The van der Waals surface area contributed by atoms with Crippen LogP contribution < -0.4 is 10.6 Å². The lowest BCUT2D eigenvalue weighted by Crippen LogP contribution is -2.43. The minimum atomic E-state index is 0.845. The molecule has 2 rings (SSSR count). The summed E-state index contributed by atoms with van der Waals surface area (Å²) in [5.74, 6) is 0. The van der Waals surface area contributed by atoms with Crippen molar-refractivity contribution in [1.29, 1.82) is 0 Å². The van der Waals surface area contributed by atoms with E-state index in [0.717, 1.165) is 12.1 Å². The summed E-state index contributed by atoms with van der Waals surface area (Å²) < 4.78 is 0. The molecular formula is C9H18N2. The van der Waals surface area contributed by atoms with Crippen LogP contribution in [0.15, 0.2) is 0 Å². The summed E-state index contributed by atoms with van der Waals surface area (Å²) in [6.07, 6.45) is 6.98. The first-order valence-electron chi connectivity index (χ1n) is 4.92. The van der Waals surface area contributed by atoms with E-state index < -0.39 is 0 Å². The van der Waals surface area contributed by atoms with E-state index >= 15 is 0 Å². The van der Waals surface area contributed by atoms with Gasteiger partial charge < -0.3 is 10.6 Å². The molecule has 2 aliphatic heterocycles. The Balaban J connectivity index is 1.57. The standard InChI is InChI=1S/C9H18N2/c1-2-8(10-6-1)3-4-9-5-7-11-9/h8-11H,1-7H2. The first-order valence-corrected chi connectivity index (χ1v) is 4.92. The largest absolute Gasteiger partial charge is 0.314 e. The Morgan fingerprint density at radius 3 is 2.09 bits per heavy atom. The fourth-order valence-corrected chi connectivity index (χ4v) is 2.00. The highest BCUT2D eigenvalue weighted by atomic mass is 15.0. The van der Waals surface area contributed by atoms with E-state index in [2.05, 4.69) is 10.6 Å². The van der Waals surface area contributed by atoms with Gasteiger partial charge in [-0.15, -0.1) is 0 Å². The first kappa shape index (κ1) is 7.56. The summed E-state index contributed by atoms with van der Waals surface area (Å²) in [5, 5.41) is 6.97. The Bertz CT molecular complexity index is 115. The number of hydrogen-bond acceptors (Lipinski definition) is 2. The molecule has 0 aromatic heterocycles. The zero-order valence-electron chi connectivity index (χ0n) is 7.10. The molecular weight excluding hydrogens is 136 g/mol. The second-order valence-corrected chi connectivity index (χ2v) is 3.81. The highest BCUT2D eigenvalue weighted by molar-refractivity contribution is 4.81. The maximum absolute atomic E-state index is 3.53. The lowest BCUT2D eigenvalue weighted by Gasteiger charge is -2.28. The molecule has 2 heterocycles. The van der Waals surface area contributed by atoms with Gasteiger partial charge in [-0.3, -0.25) is 0 Å². The van der Waals surface area contributed by atoms with Gasteiger partial charge in [0, 0.05) is 12.1 Å². The Kier molecular flexibility index (Phi) is 2.44. The number of rotatable bonds is 3. The maximum Gasteiger partial charge on any atom is 0.00797 e. The van der Waals surface area contributed by atoms with Crippen molar-refractivity contribution < 1.29 is 0 Å². The van der Waals surface area contributed by atoms with E-state index in [-0.39, 0.29) is 0 Å². The fraction of sp³-hybridized carbons (Fsp3) is 1.00. The van der Waals surface area contributed by atoms with Crippen molar-refractivity contribution in [2.24, 2.45) is 0 Å². The summed E-state index contributed by atoms with van der Waals surface area (Å²) in [6.45, 7) is 2.51. The molecule has 0 spiro atoms. The second-order valence-electron chi connectivity index (χ2n) is 3.81. The Morgan fingerprint density at radius 2 is 1.64 bits per heavy atom. The molecule has 0 bridgehead atoms. The molecule has 0 aromatic rings. The highest BCUT2D eigenvalue weighted by Gasteiger charge is 2.19. The molecule has 2 aliphatic rings. The molecule has 2 fully saturated rings. The monoisotopic (exact) mass is 154 g/mol. The topological polar surface area (TPSA) is 24.1 Å². The highest BCUT2D eigenvalue weighted by Crippen LogP contribution is 2.15. The Labute approximate surface area is 68.7 Å². The minimum Gasteiger partial charge on any atom is -0.314 e. The Morgan fingerprint density at radius 1 is 0.909 bits per heavy atom. The lowest BCUT2D eigenvalue weighted by atomic mass is 9.98. The van der Waals surface area contributed by atoms with E-state index in [1.165, 1.54) is 45.2 Å². The lowest BCUT2D eigenvalue weighted by molar-refractivity contribution is 0.329. The summed E-state index contributed by atoms with van der Waals surface area (Å²) in [6, 6.07) is 1.70. The van der Waals surface area contributed by atoms with Gasteiger partial charge >= 0.3 is 0 Å². The van der Waals surface area contributed by atoms with Crippen molar-refractivity contribution in [3.8, 4) is 0 Å². The predicted octanol–water partition coefficient (Wildman–Crippen LogP) is 0.880. The average molecular weight is 154 g/mol. The molecule has 64 valence electrons. The van der Waals surface area contributed by atoms with Crippen LogP contribution in [-0.2, 0) is 0 Å². The van der Waals surface area contributed by atoms with Gasteiger partial charge in [0.15, 0.2) is 0 Å². The number of nitrogens with one attached hydrogen (secondary N) is 2. The third kappa shape index (κ3) is 1.94. The van der Waals surface area contributed by atoms with Gasteiger partial charge in [0.05, 0.1) is 0 Å². The fourth-order valence-electron chi connectivity index (χ4n) is 2.00. The second kappa shape index (κ2) is 3.55. The van der Waals surface area contributed by atoms with Crippen LogP contribution in [-0.4, -0.2) is 25.2 Å². The molecule has 2 saturated heterocycles. The van der Waals surface area contributed by atoms with E-state index in [4.69, 9.17) is 0 Å². The number of hydrogen-bond donors (Lipinski definition) is 2. The quantitative estimate of drug-likeness (QED) is 0.630. The molecule has 11 heavy (non-hydrogen) atoms. The van der Waals surface area contributed by atoms with Crippen LogP contribution in [0.5, 0.6) is 0 Å². The molecule has 0 radical (unpaired) electrons. The van der Waals surface area contributed by atoms with Crippen LogP contribution in [0.3, 0.4) is 0 Å². The first-order chi connectivity index (χ1) is 5.45. The molecule has 2 nitrogen and oxygen atoms in total. The van der Waals surface area contributed by atoms with E-state index in [1.54, 1.807) is 0 Å². The molecule has 2 heteroatoms. The van der Waals surface area contributed by atoms with Crippen molar-refractivity contribution in [3.63, 3.8) is 0 Å². The summed E-state index contributed by atoms with van der Waals surface area (Å²) in [5.41, 5.74) is 0. The van der Waals surface area contributed by atoms with Gasteiger partial charge in [-0.05, 0) is 45.2 Å². The van der Waals surface area contributed by atoms with E-state index in [9.17, 15) is 0 Å². The molecule has 0 amide bonds. The summed E-state index contributed by atoms with van der Waals surface area (Å²) in [4.78, 5) is 0. The third-order valence-corrected chi connectivity index (χ3v) is 2.95. The van der Waals surface area contributed by atoms with Crippen LogP contribution in [0, 0.1) is 0 Å². The van der Waals surface area contributed by atoms with Crippen LogP contribution >= 0.6 is 0 Å². The summed E-state index contributed by atoms with van der Waals surface area (Å²) in [7, 11) is 0. The van der Waals surface area contributed by atoms with Gasteiger partial charge in [0.2, 0.25) is 0 Å². The van der Waals surface area contributed by atoms with Gasteiger partial charge in [0.25, 0.3) is 0 Å². The van der Waals surface area contributed by atoms with Crippen LogP contribution in [0.25, 0.3) is 0 Å². The molecule has 2 atom stereocenters. The molecule has 2 N–H and O–H groups in total. The van der Waals surface area contributed by atoms with Gasteiger partial charge in [0.1, 0.15) is 0 Å². The van der Waals surface area contributed by atoms with E-state index in [0.29, 0.717) is 0 Å². The van der Waals surface area contributed by atoms with Crippen LogP contribution in [0.1, 0.15) is 32.1 Å². The van der Waals surface area contributed by atoms with Gasteiger partial charge in [-0.2, -0.15) is 0 Å². The maximum atomic E-state index is 3.53. The molecule has 0 saturated carbocycles. The van der Waals surface area contributed by atoms with Crippen LogP contribution in [0.4, 0.5) is 0 Å².